The Bertz CT molecular complexity index is 202. The molecule has 2 aliphatic carbocycles. The van der Waals surface area contributed by atoms with Crippen LogP contribution in [0.2, 0.25) is 0 Å². The summed E-state index contributed by atoms with van der Waals surface area (Å²) in [5, 5.41) is 0. The Morgan fingerprint density at radius 1 is 0.609 bits per heavy atom. The van der Waals surface area contributed by atoms with Crippen LogP contribution in [0.15, 0.2) is 0 Å². The van der Waals surface area contributed by atoms with Gasteiger partial charge in [0.15, 0.2) is 0 Å². The maximum absolute atomic E-state index is 2.37. The lowest BCUT2D eigenvalue weighted by atomic mass is 9.84. The molecule has 0 aromatic carbocycles. The summed E-state index contributed by atoms with van der Waals surface area (Å²) in [5.74, 6) is 3.97. The third-order valence-electron chi connectivity index (χ3n) is 5.37. The molecule has 0 bridgehead atoms. The molecule has 2 saturated carbocycles. The molecule has 0 saturated heterocycles. The first-order chi connectivity index (χ1) is 9.59. The van der Waals surface area contributed by atoms with Crippen molar-refractivity contribution in [2.45, 2.75) is 127 Å². The fraction of sp³-hybridized carbons (Fsp3) is 1.00. The van der Waals surface area contributed by atoms with E-state index >= 15 is 0 Å². The second-order valence-electron chi connectivity index (χ2n) is 8.13. The van der Waals surface area contributed by atoms with E-state index in [2.05, 4.69) is 27.7 Å². The third kappa shape index (κ3) is 14.1. The molecule has 0 aromatic rings. The second-order valence-corrected chi connectivity index (χ2v) is 8.13. The van der Waals surface area contributed by atoms with Gasteiger partial charge in [0.1, 0.15) is 0 Å². The summed E-state index contributed by atoms with van der Waals surface area (Å²) in [5.41, 5.74) is 0. The Hall–Kier alpha value is 0. The van der Waals surface area contributed by atoms with E-state index < -0.39 is 0 Å². The molecule has 0 amide bonds. The molecule has 2 aliphatic rings. The monoisotopic (exact) mass is 328 g/mol. The van der Waals surface area contributed by atoms with E-state index in [-0.39, 0.29) is 22.3 Å². The van der Waals surface area contributed by atoms with Crippen molar-refractivity contribution >= 4 is 0 Å². The molecule has 0 aromatic heterocycles. The highest BCUT2D eigenvalue weighted by Crippen LogP contribution is 2.29. The maximum Gasteiger partial charge on any atom is -0.0391 e. The van der Waals surface area contributed by atoms with E-state index in [0.29, 0.717) is 0 Å². The zero-order chi connectivity index (χ0) is 14.8. The lowest BCUT2D eigenvalue weighted by Crippen LogP contribution is -2.08. The Morgan fingerprint density at radius 3 is 1.39 bits per heavy atom. The van der Waals surface area contributed by atoms with Crippen LogP contribution in [0.5, 0.6) is 0 Å². The largest absolute Gasteiger partial charge is 0.0776 e. The van der Waals surface area contributed by atoms with Gasteiger partial charge in [-0.1, -0.05) is 121 Å². The molecule has 0 spiro atoms. The SMILES string of the molecule is C.C.C.CC(C)C1CCCCCC1.CC(C)CC1CCCCC1. The number of hydrogen-bond donors (Lipinski definition) is 0. The van der Waals surface area contributed by atoms with Crippen molar-refractivity contribution in [1.82, 2.24) is 0 Å². The summed E-state index contributed by atoms with van der Waals surface area (Å²) < 4.78 is 0. The fourth-order valence-electron chi connectivity index (χ4n) is 4.07. The maximum atomic E-state index is 2.37. The predicted octanol–water partition coefficient (Wildman–Crippen LogP) is 9.13. The second kappa shape index (κ2) is 16.8. The van der Waals surface area contributed by atoms with Crippen molar-refractivity contribution in [3.8, 4) is 0 Å². The quantitative estimate of drug-likeness (QED) is 0.453. The van der Waals surface area contributed by atoms with Gasteiger partial charge in [0.2, 0.25) is 0 Å². The highest BCUT2D eigenvalue weighted by molar-refractivity contribution is 4.67. The Morgan fingerprint density at radius 2 is 1.00 bits per heavy atom. The van der Waals surface area contributed by atoms with Gasteiger partial charge in [-0.05, 0) is 30.1 Å². The van der Waals surface area contributed by atoms with Crippen molar-refractivity contribution < 1.29 is 0 Å². The molecule has 2 fully saturated rings. The average Bonchev–Trinajstić information content (AvgIpc) is 2.69. The summed E-state index contributed by atoms with van der Waals surface area (Å²) >= 11 is 0. The lowest BCUT2D eigenvalue weighted by Gasteiger charge is -2.22. The van der Waals surface area contributed by atoms with Gasteiger partial charge in [-0.3, -0.25) is 0 Å². The molecular formula is C23H52. The van der Waals surface area contributed by atoms with E-state index in [1.807, 2.05) is 0 Å². The van der Waals surface area contributed by atoms with Crippen molar-refractivity contribution in [2.24, 2.45) is 23.7 Å². The molecule has 0 heterocycles. The topological polar surface area (TPSA) is 0 Å². The summed E-state index contributed by atoms with van der Waals surface area (Å²) in [7, 11) is 0. The lowest BCUT2D eigenvalue weighted by molar-refractivity contribution is 0.305. The molecule has 0 heteroatoms. The van der Waals surface area contributed by atoms with Crippen LogP contribution in [0.1, 0.15) is 127 Å². The smallest absolute Gasteiger partial charge is 0.0391 e. The van der Waals surface area contributed by atoms with Gasteiger partial charge in [0, 0.05) is 0 Å². The van der Waals surface area contributed by atoms with Gasteiger partial charge < -0.3 is 0 Å². The average molecular weight is 329 g/mol. The fourth-order valence-corrected chi connectivity index (χ4v) is 4.07. The van der Waals surface area contributed by atoms with Crippen LogP contribution < -0.4 is 0 Å². The summed E-state index contributed by atoms with van der Waals surface area (Å²) in [6.45, 7) is 9.43. The van der Waals surface area contributed by atoms with Gasteiger partial charge in [-0.15, -0.1) is 0 Å². The highest BCUT2D eigenvalue weighted by atomic mass is 14.2. The number of rotatable bonds is 3. The normalized spacial score (nSPS) is 19.6. The van der Waals surface area contributed by atoms with Crippen LogP contribution in [-0.4, -0.2) is 0 Å². The predicted molar refractivity (Wildman–Crippen MR) is 112 cm³/mol. The summed E-state index contributed by atoms with van der Waals surface area (Å²) in [6, 6.07) is 0. The van der Waals surface area contributed by atoms with Gasteiger partial charge in [0.05, 0.1) is 0 Å². The standard InChI is InChI=1S/2C10H20.3CH4/c1-9(2)8-10-6-4-3-5-7-10;1-9(2)10-7-5-3-4-6-8-10;;;/h2*9-10H,3-8H2,1-2H3;3*1H4. The molecule has 0 nitrogen and oxygen atoms in total. The van der Waals surface area contributed by atoms with Crippen molar-refractivity contribution in [3.63, 3.8) is 0 Å². The van der Waals surface area contributed by atoms with E-state index in [1.54, 1.807) is 0 Å². The van der Waals surface area contributed by atoms with Crippen molar-refractivity contribution in [3.05, 3.63) is 0 Å². The van der Waals surface area contributed by atoms with Gasteiger partial charge in [0.25, 0.3) is 0 Å². The van der Waals surface area contributed by atoms with Crippen LogP contribution in [0, 0.1) is 23.7 Å². The van der Waals surface area contributed by atoms with E-state index in [9.17, 15) is 0 Å². The molecule has 2 rings (SSSR count). The Balaban J connectivity index is -0.000000308. The number of hydrogen-bond acceptors (Lipinski definition) is 0. The van der Waals surface area contributed by atoms with E-state index in [4.69, 9.17) is 0 Å². The molecule has 144 valence electrons. The molecule has 0 N–H and O–H groups in total. The molecule has 0 aliphatic heterocycles. The first-order valence-corrected chi connectivity index (χ1v) is 9.59. The van der Waals surface area contributed by atoms with Crippen LogP contribution >= 0.6 is 0 Å². The third-order valence-corrected chi connectivity index (χ3v) is 5.37. The summed E-state index contributed by atoms with van der Waals surface area (Å²) in [4.78, 5) is 0. The van der Waals surface area contributed by atoms with Crippen molar-refractivity contribution in [1.29, 1.82) is 0 Å². The van der Waals surface area contributed by atoms with Gasteiger partial charge >= 0.3 is 0 Å². The van der Waals surface area contributed by atoms with Gasteiger partial charge in [-0.25, -0.2) is 0 Å². The summed E-state index contributed by atoms with van der Waals surface area (Å²) in [6.07, 6.45) is 17.9. The van der Waals surface area contributed by atoms with Crippen LogP contribution in [-0.2, 0) is 0 Å². The van der Waals surface area contributed by atoms with Gasteiger partial charge in [-0.2, -0.15) is 0 Å². The minimum atomic E-state index is 0. The van der Waals surface area contributed by atoms with E-state index in [0.717, 1.165) is 23.7 Å². The minimum absolute atomic E-state index is 0. The van der Waals surface area contributed by atoms with Crippen LogP contribution in [0.4, 0.5) is 0 Å². The first kappa shape index (κ1) is 27.8. The molecule has 0 atom stereocenters. The van der Waals surface area contributed by atoms with Crippen molar-refractivity contribution in [2.75, 3.05) is 0 Å². The van der Waals surface area contributed by atoms with E-state index in [1.165, 1.54) is 77.0 Å². The zero-order valence-corrected chi connectivity index (χ0v) is 14.8. The zero-order valence-electron chi connectivity index (χ0n) is 14.8. The highest BCUT2D eigenvalue weighted by Gasteiger charge is 2.15. The van der Waals surface area contributed by atoms with Crippen LogP contribution in [0.3, 0.4) is 0 Å². The first-order valence-electron chi connectivity index (χ1n) is 9.59. The molecular weight excluding hydrogens is 276 g/mol. The van der Waals surface area contributed by atoms with Crippen LogP contribution in [0.25, 0.3) is 0 Å². The molecule has 0 radical (unpaired) electrons. The minimum Gasteiger partial charge on any atom is -0.0776 e. The molecule has 23 heavy (non-hydrogen) atoms. The Labute approximate surface area is 151 Å². The Kier molecular flexibility index (Phi) is 20.4. The molecule has 0 unspecified atom stereocenters.